The maximum absolute atomic E-state index is 12.2. The third-order valence-corrected chi connectivity index (χ3v) is 6.26. The maximum atomic E-state index is 12.2. The molecule has 0 atom stereocenters. The number of oxazole rings is 1. The average Bonchev–Trinajstić information content (AvgIpc) is 3.56. The molecule has 0 aliphatic carbocycles. The second-order valence-electron chi connectivity index (χ2n) is 8.71. The van der Waals surface area contributed by atoms with Gasteiger partial charge in [-0.05, 0) is 42.5 Å². The van der Waals surface area contributed by atoms with Crippen molar-refractivity contribution in [2.45, 2.75) is 0 Å². The fourth-order valence-electron chi connectivity index (χ4n) is 4.47. The summed E-state index contributed by atoms with van der Waals surface area (Å²) in [6, 6.07) is 39.6. The van der Waals surface area contributed by atoms with Crippen molar-refractivity contribution in [1.82, 2.24) is 4.57 Å². The molecule has 39 heavy (non-hydrogen) atoms. The first-order chi connectivity index (χ1) is 18.7. The van der Waals surface area contributed by atoms with Gasteiger partial charge < -0.3 is 14.6 Å². The molecule has 184 valence electrons. The molecule has 7 heteroatoms. The van der Waals surface area contributed by atoms with Crippen molar-refractivity contribution in [2.24, 2.45) is 0 Å². The van der Waals surface area contributed by atoms with Crippen molar-refractivity contribution in [3.8, 4) is 40.0 Å². The van der Waals surface area contributed by atoms with Crippen molar-refractivity contribution in [2.75, 3.05) is 0 Å². The Balaban J connectivity index is 0.000000161. The molecular weight excluding hydrogens is 483 g/mol. The SMILES string of the molecule is [Be+2].[O-]c1ccccc1-c1[nH+]c2ccccc2n1-c1ccccc1.[O-]c1ccccc1-c1[nH+]c2ccccc2o1. The molecule has 0 unspecified atom stereocenters. The van der Waals surface area contributed by atoms with Crippen molar-refractivity contribution in [3.63, 3.8) is 0 Å². The summed E-state index contributed by atoms with van der Waals surface area (Å²) < 4.78 is 7.67. The minimum atomic E-state index is -0.0437. The summed E-state index contributed by atoms with van der Waals surface area (Å²) in [5.74, 6) is 1.28. The molecule has 2 heterocycles. The summed E-state index contributed by atoms with van der Waals surface area (Å²) in [5.41, 5.74) is 5.94. The van der Waals surface area contributed by atoms with E-state index in [0.717, 1.165) is 33.6 Å². The van der Waals surface area contributed by atoms with Gasteiger partial charge in [-0.15, -0.1) is 0 Å². The normalized spacial score (nSPS) is 10.6. The van der Waals surface area contributed by atoms with Crippen molar-refractivity contribution < 1.29 is 24.6 Å². The third kappa shape index (κ3) is 5.01. The number of rotatable bonds is 3. The molecule has 0 bridgehead atoms. The van der Waals surface area contributed by atoms with Gasteiger partial charge in [-0.2, -0.15) is 9.55 Å². The largest absolute Gasteiger partial charge is 2.00 e. The first-order valence-electron chi connectivity index (χ1n) is 12.2. The Kier molecular flexibility index (Phi) is 7.21. The van der Waals surface area contributed by atoms with Crippen LogP contribution < -0.4 is 20.2 Å². The van der Waals surface area contributed by atoms with E-state index in [0.29, 0.717) is 17.0 Å². The number of nitrogens with one attached hydrogen (secondary N) is 2. The summed E-state index contributed by atoms with van der Waals surface area (Å²) in [7, 11) is 0. The number of nitrogens with zero attached hydrogens (tertiary/aromatic N) is 1. The fourth-order valence-corrected chi connectivity index (χ4v) is 4.47. The first-order valence-corrected chi connectivity index (χ1v) is 12.2. The molecule has 2 aromatic heterocycles. The number of fused-ring (bicyclic) bond motifs is 2. The predicted octanol–water partition coefficient (Wildman–Crippen LogP) is 4.79. The molecule has 0 aliphatic rings. The molecule has 0 spiro atoms. The zero-order valence-electron chi connectivity index (χ0n) is 21.0. The van der Waals surface area contributed by atoms with Gasteiger partial charge in [0.1, 0.15) is 5.69 Å². The fraction of sp³-hybridized carbons (Fsp3) is 0. The number of benzene rings is 5. The van der Waals surface area contributed by atoms with Gasteiger partial charge in [-0.3, -0.25) is 0 Å². The molecule has 5 aromatic carbocycles. The Morgan fingerprint density at radius 3 is 1.79 bits per heavy atom. The molecule has 0 saturated carbocycles. The zero-order chi connectivity index (χ0) is 25.9. The molecule has 0 fully saturated rings. The third-order valence-electron chi connectivity index (χ3n) is 6.26. The molecule has 0 amide bonds. The molecule has 7 aromatic rings. The second-order valence-corrected chi connectivity index (χ2v) is 8.71. The Hall–Kier alpha value is -5.19. The van der Waals surface area contributed by atoms with Crippen LogP contribution in [-0.4, -0.2) is 14.7 Å². The van der Waals surface area contributed by atoms with E-state index in [2.05, 4.69) is 20.6 Å². The monoisotopic (exact) mass is 506 g/mol. The Morgan fingerprint density at radius 1 is 0.538 bits per heavy atom. The summed E-state index contributed by atoms with van der Waals surface area (Å²) in [5, 5.41) is 23.9. The van der Waals surface area contributed by atoms with Crippen LogP contribution in [0.15, 0.2) is 132 Å². The summed E-state index contributed by atoms with van der Waals surface area (Å²) in [6.07, 6.45) is 0. The van der Waals surface area contributed by atoms with Gasteiger partial charge in [-0.25, -0.2) is 4.98 Å². The molecule has 6 nitrogen and oxygen atoms in total. The molecule has 0 radical (unpaired) electrons. The van der Waals surface area contributed by atoms with E-state index in [4.69, 9.17) is 4.42 Å². The van der Waals surface area contributed by atoms with Crippen LogP contribution in [0, 0.1) is 0 Å². The van der Waals surface area contributed by atoms with Gasteiger partial charge >= 0.3 is 16.0 Å². The van der Waals surface area contributed by atoms with Crippen LogP contribution >= 0.6 is 0 Å². The van der Waals surface area contributed by atoms with Gasteiger partial charge in [0, 0.05) is 6.07 Å². The van der Waals surface area contributed by atoms with Crippen LogP contribution in [0.2, 0.25) is 0 Å². The van der Waals surface area contributed by atoms with Crippen LogP contribution in [0.4, 0.5) is 0 Å². The smallest absolute Gasteiger partial charge is 0.872 e. The van der Waals surface area contributed by atoms with E-state index < -0.39 is 0 Å². The first kappa shape index (κ1) is 25.5. The number of hydrogen-bond donors (Lipinski definition) is 0. The van der Waals surface area contributed by atoms with E-state index in [-0.39, 0.29) is 21.6 Å². The van der Waals surface area contributed by atoms with Crippen LogP contribution in [-0.2, 0) is 0 Å². The maximum Gasteiger partial charge on any atom is 2.00 e. The van der Waals surface area contributed by atoms with E-state index in [1.54, 1.807) is 24.3 Å². The number of aromatic amines is 2. The van der Waals surface area contributed by atoms with Gasteiger partial charge in [-0.1, -0.05) is 90.4 Å². The standard InChI is InChI=1S/C19H14N2O.C13H9NO2.Be/c22-18-13-7-4-10-15(18)19-20-16-11-5-6-12-17(16)21(19)14-8-2-1-3-9-14;15-11-7-3-1-5-9(11)13-14-10-6-2-4-8-12(10)16-13;/h1-13,22H;1-8,15H;/q;;+2. The van der Waals surface area contributed by atoms with E-state index in [1.165, 1.54) is 6.07 Å². The van der Waals surface area contributed by atoms with E-state index in [9.17, 15) is 10.2 Å². The molecule has 7 rings (SSSR count). The number of aromatic nitrogens is 3. The van der Waals surface area contributed by atoms with Crippen molar-refractivity contribution >= 4 is 32.3 Å². The van der Waals surface area contributed by atoms with Gasteiger partial charge in [0.25, 0.3) is 5.82 Å². The molecule has 2 N–H and O–H groups in total. The van der Waals surface area contributed by atoms with Gasteiger partial charge in [0.05, 0.1) is 11.1 Å². The quantitative estimate of drug-likeness (QED) is 0.323. The second kappa shape index (κ2) is 11.1. The molecule has 0 aliphatic heterocycles. The number of para-hydroxylation sites is 7. The molecule has 0 saturated heterocycles. The number of H-pyrrole nitrogens is 2. The van der Waals surface area contributed by atoms with Crippen molar-refractivity contribution in [3.05, 3.63) is 127 Å². The van der Waals surface area contributed by atoms with Crippen LogP contribution in [0.3, 0.4) is 0 Å². The van der Waals surface area contributed by atoms with Crippen LogP contribution in [0.5, 0.6) is 11.5 Å². The minimum absolute atomic E-state index is 0. The Bertz CT molecular complexity index is 1830. The summed E-state index contributed by atoms with van der Waals surface area (Å²) >= 11 is 0. The Morgan fingerprint density at radius 2 is 1.10 bits per heavy atom. The van der Waals surface area contributed by atoms with Gasteiger partial charge in [0.15, 0.2) is 11.0 Å². The number of hydrogen-bond acceptors (Lipinski definition) is 3. The summed E-state index contributed by atoms with van der Waals surface area (Å²) in [6.45, 7) is 0. The van der Waals surface area contributed by atoms with Crippen LogP contribution in [0.1, 0.15) is 0 Å². The van der Waals surface area contributed by atoms with E-state index in [1.807, 2.05) is 91.0 Å². The van der Waals surface area contributed by atoms with E-state index >= 15 is 0 Å². The molecular formula is C32H23BeN3O3+2. The van der Waals surface area contributed by atoms with Crippen LogP contribution in [0.25, 0.3) is 50.7 Å². The van der Waals surface area contributed by atoms with Gasteiger partial charge in [0.2, 0.25) is 11.1 Å². The topological polar surface area (TPSA) is 92.5 Å². The predicted molar refractivity (Wildman–Crippen MR) is 148 cm³/mol. The number of imidazole rings is 1. The Labute approximate surface area is 228 Å². The average molecular weight is 507 g/mol. The zero-order valence-corrected chi connectivity index (χ0v) is 21.0. The minimum Gasteiger partial charge on any atom is -0.872 e. The van der Waals surface area contributed by atoms with Crippen molar-refractivity contribution in [1.29, 1.82) is 0 Å². The summed E-state index contributed by atoms with van der Waals surface area (Å²) in [4.78, 5) is 6.47.